The van der Waals surface area contributed by atoms with Crippen LogP contribution in [0.1, 0.15) is 26.4 Å². The zero-order chi connectivity index (χ0) is 22.2. The predicted octanol–water partition coefficient (Wildman–Crippen LogP) is 3.34. The van der Waals surface area contributed by atoms with E-state index < -0.39 is 21.8 Å². The maximum absolute atomic E-state index is 12.7. The van der Waals surface area contributed by atoms with Crippen molar-refractivity contribution in [1.29, 1.82) is 0 Å². The standard InChI is InChI=1S/C21H16ClN3O5S/c1-30-18-9-6-14(11-17(18)22)24-31(28,29)15-7-4-13(5-8-15)12-25-20(26)16-3-2-10-23-19(16)21(25)27/h2-11,24H,12H2,1H3. The summed E-state index contributed by atoms with van der Waals surface area (Å²) in [5.41, 5.74) is 1.26. The van der Waals surface area contributed by atoms with E-state index in [9.17, 15) is 18.0 Å². The van der Waals surface area contributed by atoms with Crippen molar-refractivity contribution >= 4 is 39.1 Å². The summed E-state index contributed by atoms with van der Waals surface area (Å²) in [5, 5.41) is 0.272. The average Bonchev–Trinajstić information content (AvgIpc) is 2.99. The molecule has 0 bridgehead atoms. The number of carbonyl (C=O) groups excluding carboxylic acids is 2. The van der Waals surface area contributed by atoms with Crippen molar-refractivity contribution in [2.45, 2.75) is 11.4 Å². The van der Waals surface area contributed by atoms with Gasteiger partial charge in [-0.25, -0.2) is 8.42 Å². The molecule has 0 unspecified atom stereocenters. The first-order valence-corrected chi connectivity index (χ1v) is 10.9. The maximum Gasteiger partial charge on any atom is 0.280 e. The number of aromatic nitrogens is 1. The molecule has 4 rings (SSSR count). The molecule has 0 atom stereocenters. The molecule has 0 saturated carbocycles. The molecule has 0 spiro atoms. The first-order valence-electron chi connectivity index (χ1n) is 9.06. The third-order valence-electron chi connectivity index (χ3n) is 4.71. The van der Waals surface area contributed by atoms with Crippen LogP contribution in [0.15, 0.2) is 65.7 Å². The van der Waals surface area contributed by atoms with E-state index in [0.29, 0.717) is 11.3 Å². The third-order valence-corrected chi connectivity index (χ3v) is 6.40. The molecule has 0 fully saturated rings. The molecule has 3 aromatic rings. The monoisotopic (exact) mass is 457 g/mol. The molecule has 8 nitrogen and oxygen atoms in total. The number of nitrogens with one attached hydrogen (secondary N) is 1. The summed E-state index contributed by atoms with van der Waals surface area (Å²) in [4.78, 5) is 30.0. The Kier molecular flexibility index (Phi) is 5.38. The minimum atomic E-state index is -3.87. The Bertz CT molecular complexity index is 1260. The van der Waals surface area contributed by atoms with E-state index in [0.717, 1.165) is 4.90 Å². The summed E-state index contributed by atoms with van der Waals surface area (Å²) in [6, 6.07) is 13.6. The van der Waals surface area contributed by atoms with E-state index in [2.05, 4.69) is 9.71 Å². The summed E-state index contributed by atoms with van der Waals surface area (Å²) in [7, 11) is -2.40. The van der Waals surface area contributed by atoms with Crippen LogP contribution in [0.5, 0.6) is 5.75 Å². The van der Waals surface area contributed by atoms with Gasteiger partial charge in [-0.3, -0.25) is 24.2 Å². The Hall–Kier alpha value is -3.43. The number of hydrogen-bond donors (Lipinski definition) is 1. The van der Waals surface area contributed by atoms with Gasteiger partial charge in [-0.2, -0.15) is 0 Å². The molecule has 2 amide bonds. The lowest BCUT2D eigenvalue weighted by Crippen LogP contribution is -2.29. The summed E-state index contributed by atoms with van der Waals surface area (Å²) < 4.78 is 32.8. The Balaban J connectivity index is 1.50. The molecule has 31 heavy (non-hydrogen) atoms. The van der Waals surface area contributed by atoms with Crippen molar-refractivity contribution in [2.75, 3.05) is 11.8 Å². The van der Waals surface area contributed by atoms with Gasteiger partial charge in [0.15, 0.2) is 0 Å². The zero-order valence-corrected chi connectivity index (χ0v) is 17.8. The van der Waals surface area contributed by atoms with Gasteiger partial charge in [0.25, 0.3) is 21.8 Å². The highest BCUT2D eigenvalue weighted by atomic mass is 35.5. The molecule has 10 heteroatoms. The molecule has 2 heterocycles. The number of rotatable bonds is 6. The van der Waals surface area contributed by atoms with Crippen molar-refractivity contribution in [2.24, 2.45) is 0 Å². The number of benzene rings is 2. The van der Waals surface area contributed by atoms with Crippen LogP contribution in [-0.2, 0) is 16.6 Å². The molecule has 0 saturated heterocycles. The minimum absolute atomic E-state index is 0.00979. The van der Waals surface area contributed by atoms with E-state index in [1.54, 1.807) is 30.3 Å². The van der Waals surface area contributed by atoms with Crippen LogP contribution in [0.4, 0.5) is 5.69 Å². The van der Waals surface area contributed by atoms with Gasteiger partial charge in [-0.1, -0.05) is 23.7 Å². The number of halogens is 1. The predicted molar refractivity (Wildman–Crippen MR) is 114 cm³/mol. The van der Waals surface area contributed by atoms with Gasteiger partial charge in [-0.05, 0) is 48.0 Å². The fourth-order valence-corrected chi connectivity index (χ4v) is 4.47. The normalized spacial score (nSPS) is 13.3. The van der Waals surface area contributed by atoms with Crippen LogP contribution >= 0.6 is 11.6 Å². The van der Waals surface area contributed by atoms with Gasteiger partial charge >= 0.3 is 0 Å². The maximum atomic E-state index is 12.7. The molecule has 1 aliphatic rings. The smallest absolute Gasteiger partial charge is 0.280 e. The van der Waals surface area contributed by atoms with Gasteiger partial charge in [0, 0.05) is 6.20 Å². The number of nitrogens with zero attached hydrogens (tertiary/aromatic N) is 2. The fraction of sp³-hybridized carbons (Fsp3) is 0.0952. The van der Waals surface area contributed by atoms with E-state index >= 15 is 0 Å². The van der Waals surface area contributed by atoms with E-state index in [1.165, 1.54) is 37.6 Å². The summed E-state index contributed by atoms with van der Waals surface area (Å²) in [5.74, 6) is -0.476. The summed E-state index contributed by atoms with van der Waals surface area (Å²) in [6.07, 6.45) is 1.45. The largest absolute Gasteiger partial charge is 0.495 e. The molecule has 1 aliphatic heterocycles. The van der Waals surface area contributed by atoms with Crippen LogP contribution in [0.3, 0.4) is 0 Å². The number of fused-ring (bicyclic) bond motifs is 1. The lowest BCUT2D eigenvalue weighted by molar-refractivity contribution is 0.0640. The minimum Gasteiger partial charge on any atom is -0.495 e. The van der Waals surface area contributed by atoms with Gasteiger partial charge in [-0.15, -0.1) is 0 Å². The highest BCUT2D eigenvalue weighted by Crippen LogP contribution is 2.29. The van der Waals surface area contributed by atoms with Gasteiger partial charge in [0.1, 0.15) is 11.4 Å². The molecule has 0 aliphatic carbocycles. The number of hydrogen-bond acceptors (Lipinski definition) is 6. The number of methoxy groups -OCH3 is 1. The van der Waals surface area contributed by atoms with Crippen LogP contribution in [0.2, 0.25) is 5.02 Å². The van der Waals surface area contributed by atoms with E-state index in [1.807, 2.05) is 0 Å². The van der Waals surface area contributed by atoms with Gasteiger partial charge in [0.2, 0.25) is 0 Å². The second-order valence-electron chi connectivity index (χ2n) is 6.69. The zero-order valence-electron chi connectivity index (χ0n) is 16.2. The van der Waals surface area contributed by atoms with Gasteiger partial charge < -0.3 is 4.74 Å². The lowest BCUT2D eigenvalue weighted by atomic mass is 10.2. The number of sulfonamides is 1. The average molecular weight is 458 g/mol. The number of amides is 2. The molecule has 158 valence electrons. The van der Waals surface area contributed by atoms with Crippen LogP contribution in [0.25, 0.3) is 0 Å². The number of anilines is 1. The number of imide groups is 1. The second-order valence-corrected chi connectivity index (χ2v) is 8.78. The first-order chi connectivity index (χ1) is 14.8. The number of ether oxygens (including phenoxy) is 1. The van der Waals surface area contributed by atoms with Crippen molar-refractivity contribution < 1.29 is 22.7 Å². The fourth-order valence-electron chi connectivity index (χ4n) is 3.16. The molecule has 1 aromatic heterocycles. The molecule has 2 aromatic carbocycles. The van der Waals surface area contributed by atoms with Crippen molar-refractivity contribution in [3.05, 3.63) is 82.6 Å². The Morgan fingerprint density at radius 2 is 1.81 bits per heavy atom. The number of carbonyl (C=O) groups is 2. The number of pyridine rings is 1. The highest BCUT2D eigenvalue weighted by molar-refractivity contribution is 7.92. The lowest BCUT2D eigenvalue weighted by Gasteiger charge is -2.14. The molecule has 1 N–H and O–H groups in total. The third kappa shape index (κ3) is 3.97. The van der Waals surface area contributed by atoms with Crippen LogP contribution in [-0.4, -0.2) is 37.2 Å². The second kappa shape index (κ2) is 8.01. The first kappa shape index (κ1) is 20.8. The van der Waals surface area contributed by atoms with Crippen LogP contribution < -0.4 is 9.46 Å². The van der Waals surface area contributed by atoms with Crippen molar-refractivity contribution in [3.63, 3.8) is 0 Å². The highest BCUT2D eigenvalue weighted by Gasteiger charge is 2.36. The SMILES string of the molecule is COc1ccc(NS(=O)(=O)c2ccc(CN3C(=O)c4cccnc4C3=O)cc2)cc1Cl. The topological polar surface area (TPSA) is 106 Å². The van der Waals surface area contributed by atoms with E-state index in [-0.39, 0.29) is 33.4 Å². The van der Waals surface area contributed by atoms with Crippen molar-refractivity contribution in [1.82, 2.24) is 9.88 Å². The van der Waals surface area contributed by atoms with Crippen LogP contribution in [0, 0.1) is 0 Å². The summed E-state index contributed by atoms with van der Waals surface area (Å²) in [6.45, 7) is 0.00979. The summed E-state index contributed by atoms with van der Waals surface area (Å²) >= 11 is 6.04. The molecule has 0 radical (unpaired) electrons. The quantitative estimate of drug-likeness (QED) is 0.569. The Morgan fingerprint density at radius 1 is 1.06 bits per heavy atom. The Labute approximate surface area is 183 Å². The molecular weight excluding hydrogens is 442 g/mol. The van der Waals surface area contributed by atoms with Crippen molar-refractivity contribution in [3.8, 4) is 5.75 Å². The molecular formula is C21H16ClN3O5S. The Morgan fingerprint density at radius 3 is 2.45 bits per heavy atom. The van der Waals surface area contributed by atoms with E-state index in [4.69, 9.17) is 16.3 Å². The van der Waals surface area contributed by atoms with Gasteiger partial charge in [0.05, 0.1) is 34.8 Å².